The summed E-state index contributed by atoms with van der Waals surface area (Å²) in [5, 5.41) is 37.5. The summed E-state index contributed by atoms with van der Waals surface area (Å²) in [6, 6.07) is 20.0. The monoisotopic (exact) mass is 517 g/mol. The van der Waals surface area contributed by atoms with E-state index in [1.807, 2.05) is 37.3 Å². The molecule has 3 aromatic carbocycles. The summed E-state index contributed by atoms with van der Waals surface area (Å²) in [4.78, 5) is 2.21. The lowest BCUT2D eigenvalue weighted by Gasteiger charge is -2.41. The summed E-state index contributed by atoms with van der Waals surface area (Å²) < 4.78 is 5.35. The molecule has 3 aromatic rings. The van der Waals surface area contributed by atoms with Crippen LogP contribution in [-0.4, -0.2) is 47.9 Å². The highest BCUT2D eigenvalue weighted by atomic mass is 16.5. The molecule has 38 heavy (non-hydrogen) atoms. The quantitative estimate of drug-likeness (QED) is 0.149. The third-order valence-corrected chi connectivity index (χ3v) is 7.69. The normalized spacial score (nSPS) is 15.8. The molecule has 4 N–H and O–H groups in total. The van der Waals surface area contributed by atoms with Crippen LogP contribution in [0, 0.1) is 6.92 Å². The van der Waals surface area contributed by atoms with Crippen LogP contribution < -0.4 is 15.0 Å². The number of aromatic hydroxyl groups is 1. The van der Waals surface area contributed by atoms with Gasteiger partial charge in [0, 0.05) is 48.6 Å². The Kier molecular flexibility index (Phi) is 8.79. The Labute approximate surface area is 225 Å². The van der Waals surface area contributed by atoms with Crippen molar-refractivity contribution in [1.82, 2.24) is 0 Å². The molecular formula is C31H39N3O4. The van der Waals surface area contributed by atoms with E-state index in [0.717, 1.165) is 59.5 Å². The molecule has 0 spiro atoms. The van der Waals surface area contributed by atoms with Crippen molar-refractivity contribution in [3.8, 4) is 11.5 Å². The maximum Gasteiger partial charge on any atom is 0.129 e. The van der Waals surface area contributed by atoms with Gasteiger partial charge in [-0.15, -0.1) is 0 Å². The number of hydrogen-bond donors (Lipinski definition) is 4. The first kappa shape index (κ1) is 27.3. The number of benzene rings is 3. The van der Waals surface area contributed by atoms with E-state index in [-0.39, 0.29) is 11.7 Å². The van der Waals surface area contributed by atoms with E-state index < -0.39 is 5.60 Å². The summed E-state index contributed by atoms with van der Waals surface area (Å²) >= 11 is 0. The molecule has 0 radical (unpaired) electrons. The van der Waals surface area contributed by atoms with Crippen molar-refractivity contribution in [3.05, 3.63) is 82.9 Å². The number of nitrogens with zero attached hydrogens (tertiary/aromatic N) is 2. The second kappa shape index (κ2) is 12.2. The second-order valence-corrected chi connectivity index (χ2v) is 10.4. The number of rotatable bonds is 10. The highest BCUT2D eigenvalue weighted by molar-refractivity contribution is 5.84. The first-order valence-electron chi connectivity index (χ1n) is 13.2. The molecule has 0 amide bonds. The third kappa shape index (κ3) is 6.40. The van der Waals surface area contributed by atoms with Gasteiger partial charge in [0.15, 0.2) is 0 Å². The zero-order chi connectivity index (χ0) is 27.1. The van der Waals surface area contributed by atoms with Crippen LogP contribution in [0.1, 0.15) is 60.3 Å². The van der Waals surface area contributed by atoms with Gasteiger partial charge in [0.25, 0.3) is 0 Å². The summed E-state index contributed by atoms with van der Waals surface area (Å²) in [6.07, 6.45) is 6.16. The van der Waals surface area contributed by atoms with Gasteiger partial charge in [-0.2, -0.15) is 0 Å². The van der Waals surface area contributed by atoms with Gasteiger partial charge in [-0.05, 0) is 73.4 Å². The third-order valence-electron chi connectivity index (χ3n) is 7.69. The van der Waals surface area contributed by atoms with Crippen molar-refractivity contribution in [2.75, 3.05) is 30.9 Å². The lowest BCUT2D eigenvalue weighted by atomic mass is 9.72. The molecule has 0 bridgehead atoms. The van der Waals surface area contributed by atoms with Gasteiger partial charge >= 0.3 is 0 Å². The van der Waals surface area contributed by atoms with Gasteiger partial charge in [0.1, 0.15) is 11.5 Å². The van der Waals surface area contributed by atoms with Crippen molar-refractivity contribution in [1.29, 1.82) is 0 Å². The highest BCUT2D eigenvalue weighted by Gasteiger charge is 2.39. The fourth-order valence-electron chi connectivity index (χ4n) is 5.52. The summed E-state index contributed by atoms with van der Waals surface area (Å²) in [6.45, 7) is 3.06. The van der Waals surface area contributed by atoms with E-state index in [2.05, 4.69) is 46.7 Å². The minimum Gasteiger partial charge on any atom is -0.507 e. The smallest absolute Gasteiger partial charge is 0.129 e. The Hall–Kier alpha value is -3.71. The average Bonchev–Trinajstić information content (AvgIpc) is 2.93. The van der Waals surface area contributed by atoms with Crippen molar-refractivity contribution in [3.63, 3.8) is 0 Å². The molecular weight excluding hydrogens is 478 g/mol. The molecule has 0 aromatic heterocycles. The van der Waals surface area contributed by atoms with Gasteiger partial charge in [0.2, 0.25) is 0 Å². The van der Waals surface area contributed by atoms with E-state index in [1.54, 1.807) is 13.2 Å². The van der Waals surface area contributed by atoms with Crippen LogP contribution in [0.15, 0.2) is 65.8 Å². The Balaban J connectivity index is 1.47. The molecule has 1 atom stereocenters. The fourth-order valence-corrected chi connectivity index (χ4v) is 5.52. The minimum atomic E-state index is -0.724. The summed E-state index contributed by atoms with van der Waals surface area (Å²) in [5.41, 5.74) is 4.57. The van der Waals surface area contributed by atoms with Crippen LogP contribution in [0.3, 0.4) is 0 Å². The number of phenols is 1. The number of hydrogen-bond acceptors (Lipinski definition) is 7. The first-order valence-corrected chi connectivity index (χ1v) is 13.2. The fraction of sp³-hybridized carbons (Fsp3) is 0.387. The number of oxime groups is 1. The predicted octanol–water partition coefficient (Wildman–Crippen LogP) is 6.04. The van der Waals surface area contributed by atoms with Gasteiger partial charge < -0.3 is 30.4 Å². The maximum atomic E-state index is 11.7. The van der Waals surface area contributed by atoms with Crippen LogP contribution in [0.4, 0.5) is 11.4 Å². The number of methoxy groups -OCH3 is 1. The molecule has 0 heterocycles. The number of phenolic OH excluding ortho intramolecular Hbond substituents is 1. The lowest BCUT2D eigenvalue weighted by Crippen LogP contribution is -2.43. The Morgan fingerprint density at radius 3 is 2.37 bits per heavy atom. The molecule has 0 saturated heterocycles. The van der Waals surface area contributed by atoms with E-state index in [1.165, 1.54) is 12.6 Å². The van der Waals surface area contributed by atoms with E-state index in [9.17, 15) is 10.2 Å². The SMILES string of the molecule is COc1ccc(C(CN(C)c2ccc(NCc3cc(C)cc(/C=N/O)c3O)cc2)C2(O)CCCCC2)cc1. The van der Waals surface area contributed by atoms with Gasteiger partial charge in [-0.25, -0.2) is 0 Å². The van der Waals surface area contributed by atoms with Crippen molar-refractivity contribution >= 4 is 17.6 Å². The summed E-state index contributed by atoms with van der Waals surface area (Å²) in [5.74, 6) is 0.899. The molecule has 7 nitrogen and oxygen atoms in total. The number of aliphatic hydroxyl groups is 1. The number of nitrogens with one attached hydrogen (secondary N) is 1. The summed E-state index contributed by atoms with van der Waals surface area (Å²) in [7, 11) is 3.74. The van der Waals surface area contributed by atoms with E-state index >= 15 is 0 Å². The number of aryl methyl sites for hydroxylation is 1. The standard InChI is InChI=1S/C31H39N3O4/c1-22-17-24(30(35)25(18-22)20-33-37)19-32-26-9-11-27(12-10-26)34(2)21-29(31(36)15-5-4-6-16-31)23-7-13-28(38-3)14-8-23/h7-14,17-18,20,29,32,35-37H,4-6,15-16,19,21H2,1-3H3/b33-20+. The minimum absolute atomic E-state index is 0.0162. The predicted molar refractivity (Wildman–Crippen MR) is 153 cm³/mol. The molecule has 1 fully saturated rings. The number of ether oxygens (including phenoxy) is 1. The van der Waals surface area contributed by atoms with Crippen molar-refractivity contribution in [2.24, 2.45) is 5.16 Å². The van der Waals surface area contributed by atoms with Gasteiger partial charge in [-0.3, -0.25) is 0 Å². The maximum absolute atomic E-state index is 11.7. The molecule has 4 rings (SSSR count). The molecule has 202 valence electrons. The van der Waals surface area contributed by atoms with E-state index in [4.69, 9.17) is 9.94 Å². The molecule has 7 heteroatoms. The molecule has 1 aliphatic carbocycles. The Bertz CT molecular complexity index is 1220. The molecule has 0 aliphatic heterocycles. The van der Waals surface area contributed by atoms with Crippen LogP contribution in [0.25, 0.3) is 0 Å². The van der Waals surface area contributed by atoms with Crippen LogP contribution in [-0.2, 0) is 6.54 Å². The van der Waals surface area contributed by atoms with Crippen molar-refractivity contribution < 1.29 is 20.2 Å². The van der Waals surface area contributed by atoms with Gasteiger partial charge in [-0.1, -0.05) is 42.6 Å². The van der Waals surface area contributed by atoms with Crippen LogP contribution in [0.5, 0.6) is 11.5 Å². The van der Waals surface area contributed by atoms with Crippen LogP contribution >= 0.6 is 0 Å². The van der Waals surface area contributed by atoms with Crippen LogP contribution in [0.2, 0.25) is 0 Å². The molecule has 1 saturated carbocycles. The first-order chi connectivity index (χ1) is 18.3. The highest BCUT2D eigenvalue weighted by Crippen LogP contribution is 2.41. The van der Waals surface area contributed by atoms with E-state index in [0.29, 0.717) is 18.7 Å². The zero-order valence-electron chi connectivity index (χ0n) is 22.5. The zero-order valence-corrected chi connectivity index (χ0v) is 22.5. The van der Waals surface area contributed by atoms with Crippen molar-refractivity contribution in [2.45, 2.75) is 57.1 Å². The Morgan fingerprint density at radius 2 is 1.74 bits per heavy atom. The topological polar surface area (TPSA) is 97.6 Å². The number of likely N-dealkylation sites (N-methyl/N-ethyl adjacent to an activating group) is 1. The van der Waals surface area contributed by atoms with Gasteiger partial charge in [0.05, 0.1) is 18.9 Å². The largest absolute Gasteiger partial charge is 0.507 e. The lowest BCUT2D eigenvalue weighted by molar-refractivity contribution is -0.0196. The Morgan fingerprint density at radius 1 is 1.05 bits per heavy atom. The molecule has 1 unspecified atom stereocenters. The average molecular weight is 518 g/mol. The second-order valence-electron chi connectivity index (χ2n) is 10.4. The number of anilines is 2. The molecule has 1 aliphatic rings.